The largest absolute Gasteiger partial charge is 0.352 e. The lowest BCUT2D eigenvalue weighted by Crippen LogP contribution is -2.41. The Kier molecular flexibility index (Phi) is 5.68. The van der Waals surface area contributed by atoms with Gasteiger partial charge in [0.2, 0.25) is 0 Å². The van der Waals surface area contributed by atoms with E-state index in [1.54, 1.807) is 6.07 Å². The van der Waals surface area contributed by atoms with Crippen LogP contribution in [0.3, 0.4) is 0 Å². The zero-order valence-electron chi connectivity index (χ0n) is 13.6. The summed E-state index contributed by atoms with van der Waals surface area (Å²) in [5, 5.41) is 2.64. The zero-order chi connectivity index (χ0) is 17.7. The molecule has 1 aromatic carbocycles. The van der Waals surface area contributed by atoms with Crippen LogP contribution in [0.15, 0.2) is 40.1 Å². The second-order valence-corrected chi connectivity index (χ2v) is 5.93. The number of nitrogens with one attached hydrogen (secondary N) is 2. The van der Waals surface area contributed by atoms with Crippen molar-refractivity contribution in [2.24, 2.45) is 5.92 Å². The molecule has 0 spiro atoms. The maximum absolute atomic E-state index is 13.7. The number of H-pyrrole nitrogens is 1. The molecule has 0 aliphatic rings. The first kappa shape index (κ1) is 17.7. The minimum atomic E-state index is -0.746. The van der Waals surface area contributed by atoms with E-state index in [2.05, 4.69) is 10.3 Å². The van der Waals surface area contributed by atoms with Crippen molar-refractivity contribution in [3.8, 4) is 0 Å². The summed E-state index contributed by atoms with van der Waals surface area (Å²) in [6, 6.07) is 5.86. The highest BCUT2D eigenvalue weighted by Crippen LogP contribution is 2.06. The van der Waals surface area contributed by atoms with Gasteiger partial charge in [0.05, 0.1) is 6.54 Å². The van der Waals surface area contributed by atoms with E-state index in [0.29, 0.717) is 12.5 Å². The van der Waals surface area contributed by atoms with E-state index in [1.165, 1.54) is 18.2 Å². The Morgan fingerprint density at radius 2 is 2.00 bits per heavy atom. The average Bonchev–Trinajstić information content (AvgIpc) is 2.52. The summed E-state index contributed by atoms with van der Waals surface area (Å²) in [4.78, 5) is 38.8. The molecular weight excluding hydrogens is 313 g/mol. The van der Waals surface area contributed by atoms with E-state index < -0.39 is 23.0 Å². The molecule has 7 heteroatoms. The lowest BCUT2D eigenvalue weighted by atomic mass is 10.1. The summed E-state index contributed by atoms with van der Waals surface area (Å²) >= 11 is 0. The van der Waals surface area contributed by atoms with Crippen LogP contribution in [0.2, 0.25) is 0 Å². The molecule has 0 atom stereocenters. The van der Waals surface area contributed by atoms with Gasteiger partial charge in [0.15, 0.2) is 0 Å². The van der Waals surface area contributed by atoms with Crippen LogP contribution in [0.4, 0.5) is 4.39 Å². The molecule has 2 N–H and O–H groups in total. The van der Waals surface area contributed by atoms with E-state index in [0.717, 1.165) is 17.2 Å². The van der Waals surface area contributed by atoms with Gasteiger partial charge in [-0.2, -0.15) is 0 Å². The fourth-order valence-corrected chi connectivity index (χ4v) is 2.18. The van der Waals surface area contributed by atoms with Crippen LogP contribution < -0.4 is 16.6 Å². The highest BCUT2D eigenvalue weighted by Gasteiger charge is 2.15. The number of hydrogen-bond donors (Lipinski definition) is 2. The number of benzene rings is 1. The average molecular weight is 333 g/mol. The van der Waals surface area contributed by atoms with Crippen molar-refractivity contribution in [2.75, 3.05) is 6.54 Å². The summed E-state index contributed by atoms with van der Waals surface area (Å²) in [7, 11) is 0. The summed E-state index contributed by atoms with van der Waals surface area (Å²) in [5.74, 6) is -0.659. The highest BCUT2D eigenvalue weighted by atomic mass is 19.1. The first-order valence-electron chi connectivity index (χ1n) is 7.74. The van der Waals surface area contributed by atoms with Gasteiger partial charge in [0.1, 0.15) is 11.4 Å². The standard InChI is InChI=1S/C17H20FN3O3/c1-11(2)7-8-19-15(22)13-9-20-17(24)21(16(13)23)10-12-5-3-4-6-14(12)18/h3-6,9,11H,7-8,10H2,1-2H3,(H,19,22)(H,20,24). The van der Waals surface area contributed by atoms with E-state index in [1.807, 2.05) is 13.8 Å². The Morgan fingerprint density at radius 3 is 2.67 bits per heavy atom. The van der Waals surface area contributed by atoms with Gasteiger partial charge >= 0.3 is 5.69 Å². The van der Waals surface area contributed by atoms with Crippen LogP contribution in [-0.4, -0.2) is 22.0 Å². The number of nitrogens with zero attached hydrogens (tertiary/aromatic N) is 1. The number of aromatic nitrogens is 2. The molecule has 0 bridgehead atoms. The molecule has 0 saturated heterocycles. The Morgan fingerprint density at radius 1 is 1.29 bits per heavy atom. The van der Waals surface area contributed by atoms with Crippen molar-refractivity contribution in [1.82, 2.24) is 14.9 Å². The van der Waals surface area contributed by atoms with Gasteiger partial charge in [-0.15, -0.1) is 0 Å². The van der Waals surface area contributed by atoms with E-state index in [4.69, 9.17) is 0 Å². The molecule has 1 aromatic heterocycles. The third-order valence-corrected chi connectivity index (χ3v) is 3.60. The third-order valence-electron chi connectivity index (χ3n) is 3.60. The van der Waals surface area contributed by atoms with Crippen LogP contribution in [0, 0.1) is 11.7 Å². The fraction of sp³-hybridized carbons (Fsp3) is 0.353. The highest BCUT2D eigenvalue weighted by molar-refractivity contribution is 5.93. The summed E-state index contributed by atoms with van der Waals surface area (Å²) in [6.07, 6.45) is 1.87. The van der Waals surface area contributed by atoms with Gasteiger partial charge in [0.25, 0.3) is 11.5 Å². The molecule has 2 rings (SSSR count). The predicted molar refractivity (Wildman–Crippen MR) is 88.6 cm³/mol. The van der Waals surface area contributed by atoms with Crippen LogP contribution in [0.25, 0.3) is 0 Å². The Bertz CT molecular complexity index is 839. The normalized spacial score (nSPS) is 10.8. The molecule has 0 aliphatic heterocycles. The topological polar surface area (TPSA) is 84.0 Å². The van der Waals surface area contributed by atoms with Crippen molar-refractivity contribution in [3.63, 3.8) is 0 Å². The fourth-order valence-electron chi connectivity index (χ4n) is 2.18. The molecule has 24 heavy (non-hydrogen) atoms. The van der Waals surface area contributed by atoms with Crippen LogP contribution in [0.5, 0.6) is 0 Å². The number of amides is 1. The number of rotatable bonds is 6. The number of aromatic amines is 1. The molecule has 0 radical (unpaired) electrons. The predicted octanol–water partition coefficient (Wildman–Crippen LogP) is 1.50. The second kappa shape index (κ2) is 7.72. The van der Waals surface area contributed by atoms with Crippen LogP contribution >= 0.6 is 0 Å². The molecule has 1 heterocycles. The number of halogens is 1. The Labute approximate surface area is 138 Å². The monoisotopic (exact) mass is 333 g/mol. The SMILES string of the molecule is CC(C)CCNC(=O)c1c[nH]c(=O)n(Cc2ccccc2F)c1=O. The van der Waals surface area contributed by atoms with Crippen molar-refractivity contribution in [1.29, 1.82) is 0 Å². The van der Waals surface area contributed by atoms with E-state index in [-0.39, 0.29) is 17.7 Å². The van der Waals surface area contributed by atoms with Crippen molar-refractivity contribution in [2.45, 2.75) is 26.8 Å². The maximum atomic E-state index is 13.7. The molecule has 2 aromatic rings. The van der Waals surface area contributed by atoms with Gasteiger partial charge in [-0.05, 0) is 18.4 Å². The summed E-state index contributed by atoms with van der Waals surface area (Å²) in [6.45, 7) is 4.23. The lowest BCUT2D eigenvalue weighted by Gasteiger charge is -2.09. The van der Waals surface area contributed by atoms with Gasteiger partial charge in [-0.1, -0.05) is 32.0 Å². The Hall–Kier alpha value is -2.70. The Balaban J connectivity index is 2.27. The molecule has 0 fully saturated rings. The maximum Gasteiger partial charge on any atom is 0.328 e. The van der Waals surface area contributed by atoms with Gasteiger partial charge in [-0.25, -0.2) is 9.18 Å². The van der Waals surface area contributed by atoms with Gasteiger partial charge < -0.3 is 10.3 Å². The summed E-state index contributed by atoms with van der Waals surface area (Å²) < 4.78 is 14.5. The molecule has 1 amide bonds. The van der Waals surface area contributed by atoms with E-state index >= 15 is 0 Å². The van der Waals surface area contributed by atoms with Crippen molar-refractivity contribution >= 4 is 5.91 Å². The third kappa shape index (κ3) is 4.18. The number of hydrogen-bond acceptors (Lipinski definition) is 3. The van der Waals surface area contributed by atoms with Crippen molar-refractivity contribution < 1.29 is 9.18 Å². The van der Waals surface area contributed by atoms with E-state index in [9.17, 15) is 18.8 Å². The second-order valence-electron chi connectivity index (χ2n) is 5.93. The summed E-state index contributed by atoms with van der Waals surface area (Å²) in [5.41, 5.74) is -1.41. The van der Waals surface area contributed by atoms with Gasteiger partial charge in [-0.3, -0.25) is 14.2 Å². The molecule has 6 nitrogen and oxygen atoms in total. The number of carbonyl (C=O) groups is 1. The van der Waals surface area contributed by atoms with Crippen molar-refractivity contribution in [3.05, 3.63) is 68.2 Å². The van der Waals surface area contributed by atoms with Crippen LogP contribution in [0.1, 0.15) is 36.2 Å². The first-order chi connectivity index (χ1) is 11.4. The quantitative estimate of drug-likeness (QED) is 0.840. The minimum absolute atomic E-state index is 0.172. The molecule has 0 aliphatic carbocycles. The number of carbonyl (C=O) groups excluding carboxylic acids is 1. The smallest absolute Gasteiger partial charge is 0.328 e. The van der Waals surface area contributed by atoms with Crippen LogP contribution in [-0.2, 0) is 6.54 Å². The zero-order valence-corrected chi connectivity index (χ0v) is 13.6. The first-order valence-corrected chi connectivity index (χ1v) is 7.74. The van der Waals surface area contributed by atoms with Gasteiger partial charge in [0, 0.05) is 18.3 Å². The molecular formula is C17H20FN3O3. The molecule has 0 saturated carbocycles. The minimum Gasteiger partial charge on any atom is -0.352 e. The lowest BCUT2D eigenvalue weighted by molar-refractivity contribution is 0.0949. The molecule has 0 unspecified atom stereocenters. The molecule has 128 valence electrons.